The maximum atomic E-state index is 5.95. The highest BCUT2D eigenvalue weighted by Gasteiger charge is 2.25. The molecule has 5 nitrogen and oxygen atoms in total. The van der Waals surface area contributed by atoms with Gasteiger partial charge in [0.05, 0.1) is 30.4 Å². The Bertz CT molecular complexity index is 560. The summed E-state index contributed by atoms with van der Waals surface area (Å²) in [4.78, 5) is 8.39. The predicted molar refractivity (Wildman–Crippen MR) is 73.6 cm³/mol. The fourth-order valence-corrected chi connectivity index (χ4v) is 2.63. The molecule has 2 aromatic heterocycles. The lowest BCUT2D eigenvalue weighted by molar-refractivity contribution is 0.0737. The van der Waals surface area contributed by atoms with E-state index in [0.717, 1.165) is 30.7 Å². The molecule has 0 saturated carbocycles. The first-order valence-corrected chi connectivity index (χ1v) is 6.61. The molecule has 0 amide bonds. The smallest absolute Gasteiger partial charge is 0.132 e. The van der Waals surface area contributed by atoms with Gasteiger partial charge in [-0.3, -0.25) is 0 Å². The summed E-state index contributed by atoms with van der Waals surface area (Å²) < 4.78 is 7.89. The first kappa shape index (κ1) is 12.2. The maximum Gasteiger partial charge on any atom is 0.132 e. The van der Waals surface area contributed by atoms with Gasteiger partial charge in [-0.15, -0.1) is 0 Å². The van der Waals surface area contributed by atoms with E-state index in [-0.39, 0.29) is 12.1 Å². The van der Waals surface area contributed by atoms with Crippen LogP contribution in [0.15, 0.2) is 30.9 Å². The molecule has 2 unspecified atom stereocenters. The molecule has 1 aliphatic rings. The van der Waals surface area contributed by atoms with Crippen LogP contribution >= 0.6 is 0 Å². The molecular formula is C14H18N4O. The van der Waals surface area contributed by atoms with E-state index < -0.39 is 0 Å². The number of aromatic nitrogens is 3. The molecule has 0 spiro atoms. The molecule has 0 radical (unpaired) electrons. The normalized spacial score (nSPS) is 20.6. The summed E-state index contributed by atoms with van der Waals surface area (Å²) in [6, 6.07) is 4.11. The number of pyridine rings is 1. The topological polar surface area (TPSA) is 66.0 Å². The van der Waals surface area contributed by atoms with Crippen LogP contribution in [0.25, 0.3) is 11.3 Å². The number of hydrogen-bond acceptors (Lipinski definition) is 4. The zero-order valence-electron chi connectivity index (χ0n) is 11.0. The van der Waals surface area contributed by atoms with Gasteiger partial charge in [0, 0.05) is 18.4 Å². The van der Waals surface area contributed by atoms with E-state index in [4.69, 9.17) is 10.5 Å². The number of ether oxygens (including phenoxy) is 1. The van der Waals surface area contributed by atoms with Gasteiger partial charge in [-0.05, 0) is 31.9 Å². The Balaban J connectivity index is 1.96. The SMILES string of the molecule is CC(C1CCCO1)n1cncc1-c1cccnc1N. The van der Waals surface area contributed by atoms with E-state index in [1.165, 1.54) is 0 Å². The largest absolute Gasteiger partial charge is 0.383 e. The van der Waals surface area contributed by atoms with Crippen LogP contribution in [0.2, 0.25) is 0 Å². The summed E-state index contributed by atoms with van der Waals surface area (Å²) >= 11 is 0. The fraction of sp³-hybridized carbons (Fsp3) is 0.429. The van der Waals surface area contributed by atoms with Gasteiger partial charge in [0.2, 0.25) is 0 Å². The molecule has 5 heteroatoms. The molecule has 2 aromatic rings. The van der Waals surface area contributed by atoms with Crippen molar-refractivity contribution in [1.82, 2.24) is 14.5 Å². The van der Waals surface area contributed by atoms with Gasteiger partial charge in [-0.25, -0.2) is 9.97 Å². The van der Waals surface area contributed by atoms with Crippen LogP contribution in [-0.2, 0) is 4.74 Å². The second-order valence-electron chi connectivity index (χ2n) is 4.91. The minimum atomic E-state index is 0.250. The Morgan fingerprint density at radius 3 is 3.16 bits per heavy atom. The lowest BCUT2D eigenvalue weighted by Crippen LogP contribution is -2.21. The molecule has 2 N–H and O–H groups in total. The third-order valence-corrected chi connectivity index (χ3v) is 3.72. The summed E-state index contributed by atoms with van der Waals surface area (Å²) in [6.45, 7) is 3.02. The Morgan fingerprint density at radius 2 is 2.42 bits per heavy atom. The maximum absolute atomic E-state index is 5.95. The average molecular weight is 258 g/mol. The minimum Gasteiger partial charge on any atom is -0.383 e. The lowest BCUT2D eigenvalue weighted by atomic mass is 10.1. The van der Waals surface area contributed by atoms with Gasteiger partial charge in [0.25, 0.3) is 0 Å². The summed E-state index contributed by atoms with van der Waals surface area (Å²) in [5.74, 6) is 0.531. The number of hydrogen-bond donors (Lipinski definition) is 1. The second kappa shape index (κ2) is 5.01. The second-order valence-corrected chi connectivity index (χ2v) is 4.91. The Kier molecular flexibility index (Phi) is 3.21. The van der Waals surface area contributed by atoms with Crippen molar-refractivity contribution in [2.24, 2.45) is 0 Å². The highest BCUT2D eigenvalue weighted by atomic mass is 16.5. The average Bonchev–Trinajstić information content (AvgIpc) is 3.10. The van der Waals surface area contributed by atoms with Crippen LogP contribution in [0.5, 0.6) is 0 Å². The number of anilines is 1. The van der Waals surface area contributed by atoms with Crippen LogP contribution in [0.4, 0.5) is 5.82 Å². The Hall–Kier alpha value is -1.88. The molecule has 1 aliphatic heterocycles. The van der Waals surface area contributed by atoms with E-state index in [1.54, 1.807) is 6.20 Å². The zero-order chi connectivity index (χ0) is 13.2. The highest BCUT2D eigenvalue weighted by Crippen LogP contribution is 2.30. The summed E-state index contributed by atoms with van der Waals surface area (Å²) in [7, 11) is 0. The molecule has 3 heterocycles. The molecule has 0 aromatic carbocycles. The number of nitrogen functional groups attached to an aromatic ring is 1. The Morgan fingerprint density at radius 1 is 1.53 bits per heavy atom. The van der Waals surface area contributed by atoms with Gasteiger partial charge in [0.1, 0.15) is 5.82 Å². The van der Waals surface area contributed by atoms with Gasteiger partial charge >= 0.3 is 0 Å². The molecule has 3 rings (SSSR count). The van der Waals surface area contributed by atoms with E-state index in [1.807, 2.05) is 24.7 Å². The quantitative estimate of drug-likeness (QED) is 0.917. The van der Waals surface area contributed by atoms with E-state index in [9.17, 15) is 0 Å². The fourth-order valence-electron chi connectivity index (χ4n) is 2.63. The van der Waals surface area contributed by atoms with Crippen molar-refractivity contribution >= 4 is 5.82 Å². The summed E-state index contributed by atoms with van der Waals surface area (Å²) in [6.07, 6.45) is 7.86. The summed E-state index contributed by atoms with van der Waals surface area (Å²) in [5, 5.41) is 0. The van der Waals surface area contributed by atoms with Crippen LogP contribution in [0.3, 0.4) is 0 Å². The number of rotatable bonds is 3. The minimum absolute atomic E-state index is 0.250. The molecule has 100 valence electrons. The Labute approximate surface area is 112 Å². The molecule has 2 atom stereocenters. The van der Waals surface area contributed by atoms with E-state index in [0.29, 0.717) is 5.82 Å². The van der Waals surface area contributed by atoms with E-state index in [2.05, 4.69) is 21.5 Å². The molecule has 0 aliphatic carbocycles. The van der Waals surface area contributed by atoms with Crippen molar-refractivity contribution < 1.29 is 4.74 Å². The van der Waals surface area contributed by atoms with Crippen molar-refractivity contribution in [2.75, 3.05) is 12.3 Å². The van der Waals surface area contributed by atoms with Crippen molar-refractivity contribution in [1.29, 1.82) is 0 Å². The molecule has 19 heavy (non-hydrogen) atoms. The van der Waals surface area contributed by atoms with Crippen LogP contribution in [-0.4, -0.2) is 27.2 Å². The predicted octanol–water partition coefficient (Wildman–Crippen LogP) is 2.27. The first-order chi connectivity index (χ1) is 9.27. The monoisotopic (exact) mass is 258 g/mol. The zero-order valence-corrected chi connectivity index (χ0v) is 11.0. The first-order valence-electron chi connectivity index (χ1n) is 6.61. The molecule has 0 bridgehead atoms. The van der Waals surface area contributed by atoms with Crippen molar-refractivity contribution in [3.05, 3.63) is 30.9 Å². The van der Waals surface area contributed by atoms with Gasteiger partial charge in [0.15, 0.2) is 0 Å². The highest BCUT2D eigenvalue weighted by molar-refractivity contribution is 5.70. The van der Waals surface area contributed by atoms with Crippen molar-refractivity contribution in [3.63, 3.8) is 0 Å². The van der Waals surface area contributed by atoms with Crippen molar-refractivity contribution in [2.45, 2.75) is 31.9 Å². The van der Waals surface area contributed by atoms with Crippen LogP contribution in [0.1, 0.15) is 25.8 Å². The van der Waals surface area contributed by atoms with Crippen LogP contribution in [0, 0.1) is 0 Å². The molecular weight excluding hydrogens is 240 g/mol. The number of nitrogens with zero attached hydrogens (tertiary/aromatic N) is 3. The van der Waals surface area contributed by atoms with Crippen LogP contribution < -0.4 is 5.73 Å². The standard InChI is InChI=1S/C14H18N4O/c1-10(13-5-3-7-19-13)18-9-16-8-12(18)11-4-2-6-17-14(11)15/h2,4,6,8-10,13H,3,5,7H2,1H3,(H2,15,17). The summed E-state index contributed by atoms with van der Waals surface area (Å²) in [5.41, 5.74) is 7.87. The third kappa shape index (κ3) is 2.21. The van der Waals surface area contributed by atoms with Gasteiger partial charge in [-0.1, -0.05) is 0 Å². The van der Waals surface area contributed by atoms with E-state index >= 15 is 0 Å². The third-order valence-electron chi connectivity index (χ3n) is 3.72. The molecule has 1 fully saturated rings. The number of imidazole rings is 1. The number of nitrogens with two attached hydrogens (primary N) is 1. The lowest BCUT2D eigenvalue weighted by Gasteiger charge is -2.22. The van der Waals surface area contributed by atoms with Gasteiger partial charge in [-0.2, -0.15) is 0 Å². The van der Waals surface area contributed by atoms with Gasteiger partial charge < -0.3 is 15.0 Å². The van der Waals surface area contributed by atoms with Crippen molar-refractivity contribution in [3.8, 4) is 11.3 Å². The molecule has 1 saturated heterocycles.